The number of carbonyl (C=O) groups is 1. The van der Waals surface area contributed by atoms with Crippen molar-refractivity contribution in [1.82, 2.24) is 0 Å². The summed E-state index contributed by atoms with van der Waals surface area (Å²) in [6.45, 7) is 3.69. The summed E-state index contributed by atoms with van der Waals surface area (Å²) < 4.78 is 4.95. The number of carbonyl (C=O) groups excluding carboxylic acids is 1. The summed E-state index contributed by atoms with van der Waals surface area (Å²) in [4.78, 5) is 11.3. The molecule has 0 aliphatic carbocycles. The van der Waals surface area contributed by atoms with E-state index in [1.807, 2.05) is 6.07 Å². The lowest BCUT2D eigenvalue weighted by molar-refractivity contribution is 0.0997. The van der Waals surface area contributed by atoms with Crippen LogP contribution in [0.15, 0.2) is 30.8 Å². The number of nitrogens with zero attached hydrogens (tertiary/aromatic N) is 1. The van der Waals surface area contributed by atoms with Crippen LogP contribution in [0.25, 0.3) is 5.76 Å². The van der Waals surface area contributed by atoms with Gasteiger partial charge in [0, 0.05) is 11.1 Å². The van der Waals surface area contributed by atoms with Gasteiger partial charge in [-0.1, -0.05) is 30.8 Å². The van der Waals surface area contributed by atoms with Crippen molar-refractivity contribution in [2.75, 3.05) is 7.11 Å². The molecule has 0 saturated carbocycles. The van der Waals surface area contributed by atoms with Gasteiger partial charge in [0.1, 0.15) is 5.76 Å². The fraction of sp³-hybridized carbons (Fsp3) is 0.167. The van der Waals surface area contributed by atoms with Gasteiger partial charge >= 0.3 is 0 Å². The predicted octanol–water partition coefficient (Wildman–Crippen LogP) is 2.40. The van der Waals surface area contributed by atoms with Crippen molar-refractivity contribution < 1.29 is 9.53 Å². The predicted molar refractivity (Wildman–Crippen MR) is 57.0 cm³/mol. The molecule has 0 amide bonds. The van der Waals surface area contributed by atoms with Gasteiger partial charge in [-0.05, 0) is 0 Å². The first-order valence-corrected chi connectivity index (χ1v) is 4.42. The molecule has 0 bridgehead atoms. The van der Waals surface area contributed by atoms with Crippen molar-refractivity contribution in [3.8, 4) is 6.07 Å². The van der Waals surface area contributed by atoms with E-state index in [9.17, 15) is 4.79 Å². The first kappa shape index (κ1) is 11.0. The Kier molecular flexibility index (Phi) is 3.64. The molecule has 0 spiro atoms. The molecule has 3 nitrogen and oxygen atoms in total. The summed E-state index contributed by atoms with van der Waals surface area (Å²) in [6.07, 6.45) is -0.0927. The van der Waals surface area contributed by atoms with Gasteiger partial charge < -0.3 is 4.74 Å². The molecule has 0 aliphatic heterocycles. The molecule has 0 fully saturated rings. The highest BCUT2D eigenvalue weighted by molar-refractivity contribution is 5.97. The fourth-order valence-corrected chi connectivity index (χ4v) is 1.13. The lowest BCUT2D eigenvalue weighted by Gasteiger charge is -2.04. The number of nitriles is 1. The average Bonchev–Trinajstić information content (AvgIpc) is 2.28. The largest absolute Gasteiger partial charge is 0.497 e. The number of rotatable bonds is 4. The Morgan fingerprint density at radius 1 is 1.40 bits per heavy atom. The topological polar surface area (TPSA) is 50.1 Å². The summed E-state index contributed by atoms with van der Waals surface area (Å²) >= 11 is 0. The smallest absolute Gasteiger partial charge is 0.176 e. The van der Waals surface area contributed by atoms with Crippen molar-refractivity contribution in [2.45, 2.75) is 6.42 Å². The molecule has 1 aromatic rings. The van der Waals surface area contributed by atoms with E-state index in [1.54, 1.807) is 24.3 Å². The highest BCUT2D eigenvalue weighted by atomic mass is 16.5. The third-order valence-corrected chi connectivity index (χ3v) is 2.01. The number of benzene rings is 1. The first-order chi connectivity index (χ1) is 7.19. The fourth-order valence-electron chi connectivity index (χ4n) is 1.13. The molecule has 1 aromatic carbocycles. The van der Waals surface area contributed by atoms with Gasteiger partial charge in [0.15, 0.2) is 5.78 Å². The minimum atomic E-state index is -0.174. The van der Waals surface area contributed by atoms with Crippen LogP contribution in [0.1, 0.15) is 22.3 Å². The average molecular weight is 201 g/mol. The Morgan fingerprint density at radius 2 is 1.93 bits per heavy atom. The maximum absolute atomic E-state index is 11.3. The van der Waals surface area contributed by atoms with Gasteiger partial charge in [-0.3, -0.25) is 4.79 Å². The second-order valence-electron chi connectivity index (χ2n) is 2.96. The molecule has 1 rings (SSSR count). The van der Waals surface area contributed by atoms with Gasteiger partial charge in [-0.25, -0.2) is 0 Å². The number of ether oxygens (including phenoxy) is 1. The standard InChI is InChI=1S/C12H11NO2/c1-9(15-2)10-3-5-11(6-4-10)12(14)7-8-13/h3-6H,1,7H2,2H3. The zero-order chi connectivity index (χ0) is 11.3. The summed E-state index contributed by atoms with van der Waals surface area (Å²) in [5.41, 5.74) is 1.36. The maximum atomic E-state index is 11.3. The molecule has 0 N–H and O–H groups in total. The molecule has 3 heteroatoms. The van der Waals surface area contributed by atoms with E-state index >= 15 is 0 Å². The minimum absolute atomic E-state index is 0.0927. The van der Waals surface area contributed by atoms with Crippen LogP contribution in [0.4, 0.5) is 0 Å². The van der Waals surface area contributed by atoms with E-state index in [1.165, 1.54) is 7.11 Å². The summed E-state index contributed by atoms with van der Waals surface area (Å²) in [6, 6.07) is 8.65. The molecule has 0 aromatic heterocycles. The van der Waals surface area contributed by atoms with Crippen LogP contribution in [-0.2, 0) is 4.74 Å². The number of methoxy groups -OCH3 is 1. The van der Waals surface area contributed by atoms with Crippen LogP contribution >= 0.6 is 0 Å². The van der Waals surface area contributed by atoms with E-state index in [-0.39, 0.29) is 12.2 Å². The Balaban J connectivity index is 2.86. The van der Waals surface area contributed by atoms with Gasteiger partial charge in [0.25, 0.3) is 0 Å². The van der Waals surface area contributed by atoms with Crippen LogP contribution in [0.3, 0.4) is 0 Å². The first-order valence-electron chi connectivity index (χ1n) is 4.42. The van der Waals surface area contributed by atoms with E-state index in [0.29, 0.717) is 11.3 Å². The Morgan fingerprint density at radius 3 is 2.40 bits per heavy atom. The van der Waals surface area contributed by atoms with Crippen LogP contribution in [-0.4, -0.2) is 12.9 Å². The molecule has 15 heavy (non-hydrogen) atoms. The van der Waals surface area contributed by atoms with E-state index in [0.717, 1.165) is 5.56 Å². The second kappa shape index (κ2) is 4.97. The normalized spacial score (nSPS) is 9.07. The van der Waals surface area contributed by atoms with Crippen molar-refractivity contribution in [2.24, 2.45) is 0 Å². The van der Waals surface area contributed by atoms with Crippen LogP contribution in [0.2, 0.25) is 0 Å². The highest BCUT2D eigenvalue weighted by Crippen LogP contribution is 2.14. The zero-order valence-corrected chi connectivity index (χ0v) is 8.49. The summed E-state index contributed by atoms with van der Waals surface area (Å²) in [7, 11) is 1.54. The molecular weight excluding hydrogens is 190 g/mol. The summed E-state index contributed by atoms with van der Waals surface area (Å²) in [5, 5.41) is 8.37. The maximum Gasteiger partial charge on any atom is 0.176 e. The van der Waals surface area contributed by atoms with Crippen LogP contribution in [0.5, 0.6) is 0 Å². The third-order valence-electron chi connectivity index (χ3n) is 2.01. The van der Waals surface area contributed by atoms with E-state index < -0.39 is 0 Å². The van der Waals surface area contributed by atoms with Crippen molar-refractivity contribution >= 4 is 11.5 Å². The quantitative estimate of drug-likeness (QED) is 0.555. The van der Waals surface area contributed by atoms with Crippen molar-refractivity contribution in [3.05, 3.63) is 42.0 Å². The number of Topliss-reactive ketones (excluding diaryl/α,β-unsaturated/α-hetero) is 1. The van der Waals surface area contributed by atoms with Crippen LogP contribution < -0.4 is 0 Å². The highest BCUT2D eigenvalue weighted by Gasteiger charge is 2.05. The second-order valence-corrected chi connectivity index (χ2v) is 2.96. The molecule has 0 atom stereocenters. The molecule has 0 radical (unpaired) electrons. The minimum Gasteiger partial charge on any atom is -0.497 e. The van der Waals surface area contributed by atoms with Crippen molar-refractivity contribution in [3.63, 3.8) is 0 Å². The Hall–Kier alpha value is -2.08. The monoisotopic (exact) mass is 201 g/mol. The van der Waals surface area contributed by atoms with Gasteiger partial charge in [0.05, 0.1) is 19.6 Å². The molecular formula is C12H11NO2. The molecule has 0 saturated heterocycles. The lowest BCUT2D eigenvalue weighted by Crippen LogP contribution is -1.97. The van der Waals surface area contributed by atoms with Crippen LogP contribution in [0, 0.1) is 11.3 Å². The Bertz CT molecular complexity index is 412. The van der Waals surface area contributed by atoms with E-state index in [2.05, 4.69) is 6.58 Å². The third kappa shape index (κ3) is 2.68. The Labute approximate surface area is 88.6 Å². The van der Waals surface area contributed by atoms with E-state index in [4.69, 9.17) is 10.00 Å². The SMILES string of the molecule is C=C(OC)c1ccc(C(=O)CC#N)cc1. The number of hydrogen-bond donors (Lipinski definition) is 0. The molecule has 0 aliphatic rings. The van der Waals surface area contributed by atoms with Gasteiger partial charge in [0.2, 0.25) is 0 Å². The lowest BCUT2D eigenvalue weighted by atomic mass is 10.1. The van der Waals surface area contributed by atoms with Gasteiger partial charge in [-0.2, -0.15) is 5.26 Å². The molecule has 76 valence electrons. The number of hydrogen-bond acceptors (Lipinski definition) is 3. The number of ketones is 1. The zero-order valence-electron chi connectivity index (χ0n) is 8.49. The molecule has 0 heterocycles. The summed E-state index contributed by atoms with van der Waals surface area (Å²) in [5.74, 6) is 0.376. The van der Waals surface area contributed by atoms with Crippen molar-refractivity contribution in [1.29, 1.82) is 5.26 Å². The molecule has 0 unspecified atom stereocenters. The van der Waals surface area contributed by atoms with Gasteiger partial charge in [-0.15, -0.1) is 0 Å².